The van der Waals surface area contributed by atoms with Crippen molar-refractivity contribution in [3.8, 4) is 16.9 Å². The maximum absolute atomic E-state index is 12.8. The summed E-state index contributed by atoms with van der Waals surface area (Å²) in [5.74, 6) is -1.53. The minimum atomic E-state index is -4.80. The van der Waals surface area contributed by atoms with E-state index < -0.39 is 49.8 Å². The maximum Gasteiger partial charge on any atom is 0.416 e. The molecular formula is C21H14F3NO5S. The average molecular weight is 449 g/mol. The van der Waals surface area contributed by atoms with Crippen molar-refractivity contribution in [3.63, 3.8) is 0 Å². The Morgan fingerprint density at radius 2 is 1.58 bits per heavy atom. The molecule has 0 saturated carbocycles. The first-order chi connectivity index (χ1) is 14.6. The molecule has 0 saturated heterocycles. The number of halogens is 3. The number of rotatable bonds is 6. The van der Waals surface area contributed by atoms with Crippen LogP contribution < -0.4 is 4.74 Å². The zero-order valence-electron chi connectivity index (χ0n) is 15.7. The largest absolute Gasteiger partial charge is 0.426 e. The lowest BCUT2D eigenvalue weighted by Crippen LogP contribution is -2.18. The van der Waals surface area contributed by atoms with Crippen LogP contribution in [-0.4, -0.2) is 20.9 Å². The van der Waals surface area contributed by atoms with Crippen LogP contribution >= 0.6 is 0 Å². The van der Waals surface area contributed by atoms with Gasteiger partial charge >= 0.3 is 12.1 Å². The number of nitro benzene ring substituents is 1. The number of esters is 1. The first-order valence-electron chi connectivity index (χ1n) is 8.75. The van der Waals surface area contributed by atoms with Crippen molar-refractivity contribution in [2.75, 3.05) is 5.75 Å². The number of hydrogen-bond donors (Lipinski definition) is 0. The van der Waals surface area contributed by atoms with Crippen molar-refractivity contribution in [1.29, 1.82) is 0 Å². The lowest BCUT2D eigenvalue weighted by atomic mass is 10.1. The van der Waals surface area contributed by atoms with E-state index in [0.29, 0.717) is 12.1 Å². The fourth-order valence-electron chi connectivity index (χ4n) is 2.72. The standard InChI is InChI=1S/C21H14F3NO5S/c22-21(23,24)16-8-11-19(18(12-16)25(27)28)31(29)13-20(26)30-17-9-6-15(7-10-17)14-4-2-1-3-5-14/h1-12H,13H2. The van der Waals surface area contributed by atoms with E-state index in [1.165, 1.54) is 12.1 Å². The highest BCUT2D eigenvalue weighted by molar-refractivity contribution is 7.85. The molecule has 0 bridgehead atoms. The van der Waals surface area contributed by atoms with Gasteiger partial charge in [-0.25, -0.2) is 0 Å². The summed E-state index contributed by atoms with van der Waals surface area (Å²) in [5, 5.41) is 11.1. The first kappa shape index (κ1) is 22.2. The van der Waals surface area contributed by atoms with Crippen LogP contribution in [-0.2, 0) is 21.8 Å². The molecule has 0 N–H and O–H groups in total. The normalized spacial score (nSPS) is 12.2. The summed E-state index contributed by atoms with van der Waals surface area (Å²) in [5.41, 5.74) is -0.394. The van der Waals surface area contributed by atoms with Crippen LogP contribution in [0.1, 0.15) is 5.56 Å². The molecule has 0 aliphatic heterocycles. The molecule has 3 aromatic carbocycles. The van der Waals surface area contributed by atoms with E-state index in [2.05, 4.69) is 0 Å². The van der Waals surface area contributed by atoms with Gasteiger partial charge in [-0.2, -0.15) is 13.2 Å². The number of alkyl halides is 3. The van der Waals surface area contributed by atoms with Crippen molar-refractivity contribution >= 4 is 22.5 Å². The molecule has 1 unspecified atom stereocenters. The Balaban J connectivity index is 1.71. The second-order valence-electron chi connectivity index (χ2n) is 6.29. The van der Waals surface area contributed by atoms with E-state index in [-0.39, 0.29) is 5.75 Å². The van der Waals surface area contributed by atoms with Crippen LogP contribution in [0.5, 0.6) is 5.75 Å². The molecule has 0 aliphatic rings. The van der Waals surface area contributed by atoms with Gasteiger partial charge in [0.2, 0.25) is 0 Å². The molecule has 3 rings (SSSR count). The van der Waals surface area contributed by atoms with Gasteiger partial charge in [0.05, 0.1) is 21.3 Å². The molecule has 3 aromatic rings. The third-order valence-corrected chi connectivity index (χ3v) is 5.50. The molecule has 0 spiro atoms. The Labute approximate surface area is 176 Å². The number of ether oxygens (including phenoxy) is 1. The lowest BCUT2D eigenvalue weighted by Gasteiger charge is -2.09. The lowest BCUT2D eigenvalue weighted by molar-refractivity contribution is -0.388. The molecule has 31 heavy (non-hydrogen) atoms. The zero-order chi connectivity index (χ0) is 22.6. The van der Waals surface area contributed by atoms with Crippen LogP contribution in [0.15, 0.2) is 77.7 Å². The van der Waals surface area contributed by atoms with Crippen LogP contribution in [0.25, 0.3) is 11.1 Å². The molecule has 1 atom stereocenters. The van der Waals surface area contributed by atoms with E-state index in [1.54, 1.807) is 12.1 Å². The Kier molecular flexibility index (Phi) is 6.50. The molecule has 0 aromatic heterocycles. The van der Waals surface area contributed by atoms with Gasteiger partial charge in [-0.3, -0.25) is 19.1 Å². The molecule has 0 fully saturated rings. The highest BCUT2D eigenvalue weighted by Gasteiger charge is 2.34. The number of benzene rings is 3. The smallest absolute Gasteiger partial charge is 0.416 e. The first-order valence-corrected chi connectivity index (χ1v) is 10.1. The predicted octanol–water partition coefficient (Wildman–Crippen LogP) is 4.99. The van der Waals surface area contributed by atoms with Gasteiger partial charge in [0, 0.05) is 6.07 Å². The number of nitro groups is 1. The fourth-order valence-corrected chi connectivity index (χ4v) is 3.74. The van der Waals surface area contributed by atoms with Gasteiger partial charge in [0.1, 0.15) is 16.4 Å². The molecule has 0 heterocycles. The van der Waals surface area contributed by atoms with Gasteiger partial charge in [0.25, 0.3) is 5.69 Å². The topological polar surface area (TPSA) is 86.5 Å². The molecule has 0 radical (unpaired) electrons. The van der Waals surface area contributed by atoms with Crippen molar-refractivity contribution < 1.29 is 31.8 Å². The SMILES string of the molecule is O=C(CS(=O)c1ccc(C(F)(F)F)cc1[N+](=O)[O-])Oc1ccc(-c2ccccc2)cc1. The Hall–Kier alpha value is -3.53. The van der Waals surface area contributed by atoms with E-state index in [0.717, 1.165) is 17.2 Å². The van der Waals surface area contributed by atoms with E-state index >= 15 is 0 Å². The highest BCUT2D eigenvalue weighted by Crippen LogP contribution is 2.34. The second kappa shape index (κ2) is 9.09. The third kappa shape index (κ3) is 5.54. The molecule has 6 nitrogen and oxygen atoms in total. The number of carbonyl (C=O) groups is 1. The Bertz CT molecular complexity index is 1130. The summed E-state index contributed by atoms with van der Waals surface area (Å²) in [4.78, 5) is 21.6. The third-order valence-electron chi connectivity index (χ3n) is 4.17. The Morgan fingerprint density at radius 3 is 2.16 bits per heavy atom. The van der Waals surface area contributed by atoms with Crippen LogP contribution in [0, 0.1) is 10.1 Å². The van der Waals surface area contributed by atoms with E-state index in [9.17, 15) is 32.3 Å². The minimum absolute atomic E-state index is 0.170. The Morgan fingerprint density at radius 1 is 0.968 bits per heavy atom. The van der Waals surface area contributed by atoms with Gasteiger partial charge in [-0.05, 0) is 35.4 Å². The van der Waals surface area contributed by atoms with Gasteiger partial charge in [-0.15, -0.1) is 0 Å². The quantitative estimate of drug-likeness (QED) is 0.229. The van der Waals surface area contributed by atoms with Crippen molar-refractivity contribution in [3.05, 3.63) is 88.5 Å². The summed E-state index contributed by atoms with van der Waals surface area (Å²) >= 11 is 0. The van der Waals surface area contributed by atoms with Crippen molar-refractivity contribution in [2.24, 2.45) is 0 Å². The fraction of sp³-hybridized carbons (Fsp3) is 0.0952. The van der Waals surface area contributed by atoms with Crippen LogP contribution in [0.4, 0.5) is 18.9 Å². The highest BCUT2D eigenvalue weighted by atomic mass is 32.2. The summed E-state index contributed by atoms with van der Waals surface area (Å²) in [6, 6.07) is 17.5. The van der Waals surface area contributed by atoms with Crippen molar-refractivity contribution in [2.45, 2.75) is 11.1 Å². The summed E-state index contributed by atoms with van der Waals surface area (Å²) in [6.07, 6.45) is -4.80. The van der Waals surface area contributed by atoms with Crippen LogP contribution in [0.2, 0.25) is 0 Å². The number of hydrogen-bond acceptors (Lipinski definition) is 5. The van der Waals surface area contributed by atoms with E-state index in [1.807, 2.05) is 30.3 Å². The summed E-state index contributed by atoms with van der Waals surface area (Å²) in [7, 11) is -2.27. The van der Waals surface area contributed by atoms with E-state index in [4.69, 9.17) is 4.74 Å². The predicted molar refractivity (Wildman–Crippen MR) is 107 cm³/mol. The zero-order valence-corrected chi connectivity index (χ0v) is 16.5. The van der Waals surface area contributed by atoms with Gasteiger partial charge in [0.15, 0.2) is 0 Å². The monoisotopic (exact) mass is 449 g/mol. The molecule has 0 amide bonds. The molecule has 0 aliphatic carbocycles. The van der Waals surface area contributed by atoms with Gasteiger partial charge < -0.3 is 4.74 Å². The summed E-state index contributed by atoms with van der Waals surface area (Å²) < 4.78 is 55.8. The second-order valence-corrected chi connectivity index (χ2v) is 7.71. The minimum Gasteiger partial charge on any atom is -0.426 e. The molecule has 160 valence electrons. The number of carbonyl (C=O) groups excluding carboxylic acids is 1. The number of nitrogens with zero attached hydrogens (tertiary/aromatic N) is 1. The molecule has 10 heteroatoms. The molecular weight excluding hydrogens is 435 g/mol. The van der Waals surface area contributed by atoms with Crippen molar-refractivity contribution in [1.82, 2.24) is 0 Å². The maximum atomic E-state index is 12.8. The summed E-state index contributed by atoms with van der Waals surface area (Å²) in [6.45, 7) is 0. The van der Waals surface area contributed by atoms with Gasteiger partial charge in [-0.1, -0.05) is 42.5 Å². The van der Waals surface area contributed by atoms with Crippen LogP contribution in [0.3, 0.4) is 0 Å². The average Bonchev–Trinajstić information content (AvgIpc) is 2.73.